The standard InChI is InChI=1S/2C16H21BrN2O4.2C16H20N4O4.C15H20N2O5/c2*1-16(2,3)9-15(21)18-13(14(20)10-17)8-11-4-6-12(7-5-11)19(22)23;2*1-16(2,3)9-15(22)19-13(14(21)10-18-17)8-11-4-6-12(7-5-11)20(23)24;1-15(2,3)9-13(18)16-12(14(19)20)8-10-4-6-11(7-5-10)17(21)22/h2*4-7,13H,8-10H2,1-3H3,(H,18,21);2*4-7,10,13H,8-9H2,1-3H3,(H,19,22);4-7,12H,8-9H2,1-3H3,(H,16,18)(H,19,20)/t4*13-;12-/m00000/s1. The van der Waals surface area contributed by atoms with Crippen LogP contribution in [-0.4, -0.2) is 151 Å². The normalized spacial score (nSPS) is 12.3. The molecule has 0 saturated heterocycles. The summed E-state index contributed by atoms with van der Waals surface area (Å²) < 4.78 is 0. The van der Waals surface area contributed by atoms with Crippen LogP contribution in [0.25, 0.3) is 11.1 Å². The lowest BCUT2D eigenvalue weighted by Crippen LogP contribution is -2.44. The van der Waals surface area contributed by atoms with Gasteiger partial charge < -0.3 is 42.8 Å². The number of carbonyl (C=O) groups excluding carboxylic acids is 9. The molecule has 35 nitrogen and oxygen atoms in total. The fraction of sp³-hybridized carbons (Fsp3) is 0.468. The van der Waals surface area contributed by atoms with Gasteiger partial charge in [0.1, 0.15) is 18.1 Å². The second kappa shape index (κ2) is 48.5. The van der Waals surface area contributed by atoms with Crippen LogP contribution in [0.1, 0.15) is 164 Å². The number of carbonyl (C=O) groups is 10. The molecule has 116 heavy (non-hydrogen) atoms. The summed E-state index contributed by atoms with van der Waals surface area (Å²) in [6.07, 6.45) is 3.73. The molecule has 0 aromatic heterocycles. The van der Waals surface area contributed by atoms with Gasteiger partial charge in [-0.15, -0.1) is 0 Å². The van der Waals surface area contributed by atoms with E-state index in [0.717, 1.165) is 23.6 Å². The average molecular weight is 1740 g/mol. The molecule has 0 aliphatic rings. The Morgan fingerprint density at radius 2 is 0.500 bits per heavy atom. The molecule has 5 aromatic rings. The van der Waals surface area contributed by atoms with Gasteiger partial charge in [0.05, 0.1) is 47.4 Å². The zero-order valence-corrected chi connectivity index (χ0v) is 70.6. The van der Waals surface area contributed by atoms with E-state index in [2.05, 4.69) is 68.0 Å². The number of halogens is 2. The summed E-state index contributed by atoms with van der Waals surface area (Å²) in [5.74, 6) is -3.81. The third-order valence-electron chi connectivity index (χ3n) is 15.5. The van der Waals surface area contributed by atoms with E-state index in [-0.39, 0.29) is 146 Å². The lowest BCUT2D eigenvalue weighted by Gasteiger charge is -2.21. The third kappa shape index (κ3) is 44.7. The number of carboxylic acids is 1. The molecular weight excluding hydrogens is 1640 g/mol. The Kier molecular flexibility index (Phi) is 42.8. The Balaban J connectivity index is 0.000000725. The highest BCUT2D eigenvalue weighted by Crippen LogP contribution is 2.25. The van der Waals surface area contributed by atoms with Crippen molar-refractivity contribution in [2.75, 3.05) is 10.7 Å². The van der Waals surface area contributed by atoms with Crippen LogP contribution in [0, 0.1) is 77.6 Å². The van der Waals surface area contributed by atoms with Crippen molar-refractivity contribution in [1.29, 1.82) is 0 Å². The number of hydrogen-bond donors (Lipinski definition) is 6. The number of carboxylic acid groups (broad SMARTS) is 1. The van der Waals surface area contributed by atoms with Crippen molar-refractivity contribution in [3.63, 3.8) is 0 Å². The number of nitrogens with zero attached hydrogens (tertiary/aromatic N) is 9. The summed E-state index contributed by atoms with van der Waals surface area (Å²) in [5, 5.41) is 75.9. The largest absolute Gasteiger partial charge is 0.480 e. The zero-order valence-electron chi connectivity index (χ0n) is 67.5. The number of amides is 5. The van der Waals surface area contributed by atoms with Crippen molar-refractivity contribution in [2.45, 2.75) is 198 Å². The number of nitrogens with one attached hydrogen (secondary N) is 5. The first-order valence-electron chi connectivity index (χ1n) is 36.0. The molecule has 0 spiro atoms. The Hall–Kier alpha value is -11.7. The highest BCUT2D eigenvalue weighted by molar-refractivity contribution is 9.09. The van der Waals surface area contributed by atoms with Gasteiger partial charge in [0, 0.05) is 112 Å². The minimum absolute atomic E-state index is 0.00566. The predicted octanol–water partition coefficient (Wildman–Crippen LogP) is 12.0. The van der Waals surface area contributed by atoms with Gasteiger partial charge in [-0.1, -0.05) is 196 Å². The number of Topliss-reactive ketones (excluding diaryl/α,β-unsaturated/α-hetero) is 4. The number of hydrogen-bond acceptors (Lipinski definition) is 20. The first-order valence-corrected chi connectivity index (χ1v) is 38.3. The van der Waals surface area contributed by atoms with Gasteiger partial charge in [-0.25, -0.2) is 4.79 Å². The maximum absolute atomic E-state index is 12.1. The lowest BCUT2D eigenvalue weighted by molar-refractivity contribution is -0.385. The summed E-state index contributed by atoms with van der Waals surface area (Å²) in [6.45, 7) is 28.7. The first-order chi connectivity index (χ1) is 53.6. The van der Waals surface area contributed by atoms with Gasteiger partial charge in [-0.2, -0.15) is 9.58 Å². The molecule has 0 fully saturated rings. The van der Waals surface area contributed by atoms with E-state index in [1.165, 1.54) is 97.1 Å². The van der Waals surface area contributed by atoms with Gasteiger partial charge in [-0.05, 0) is 67.7 Å². The second-order valence-corrected chi connectivity index (χ2v) is 33.9. The summed E-state index contributed by atoms with van der Waals surface area (Å²) in [5.41, 5.74) is 19.2. The predicted molar refractivity (Wildman–Crippen MR) is 439 cm³/mol. The van der Waals surface area contributed by atoms with Crippen molar-refractivity contribution in [3.05, 3.63) is 211 Å². The molecular formula is C79H102Br2N14O21. The van der Waals surface area contributed by atoms with Crippen molar-refractivity contribution in [2.24, 2.45) is 27.1 Å². The minimum atomic E-state index is -1.14. The monoisotopic (exact) mass is 1740 g/mol. The molecule has 0 saturated carbocycles. The van der Waals surface area contributed by atoms with E-state index in [9.17, 15) is 104 Å². The van der Waals surface area contributed by atoms with Crippen molar-refractivity contribution in [1.82, 2.24) is 26.6 Å². The smallest absolute Gasteiger partial charge is 0.326 e. The number of aliphatic carboxylic acids is 1. The van der Waals surface area contributed by atoms with Gasteiger partial charge in [0.15, 0.2) is 11.6 Å². The molecule has 0 aliphatic carbocycles. The van der Waals surface area contributed by atoms with E-state index >= 15 is 0 Å². The summed E-state index contributed by atoms with van der Waals surface area (Å²) >= 11 is 6.24. The molecule has 0 aliphatic heterocycles. The van der Waals surface area contributed by atoms with Crippen LogP contribution in [0.2, 0.25) is 0 Å². The molecule has 37 heteroatoms. The summed E-state index contributed by atoms with van der Waals surface area (Å²) in [4.78, 5) is 175. The molecule has 5 amide bonds. The fourth-order valence-corrected chi connectivity index (χ4v) is 11.0. The number of ketones is 4. The maximum atomic E-state index is 12.1. The molecule has 5 aromatic carbocycles. The van der Waals surface area contributed by atoms with Crippen LogP contribution in [0.15, 0.2) is 121 Å². The Bertz CT molecular complexity index is 4120. The van der Waals surface area contributed by atoms with E-state index in [1.807, 2.05) is 104 Å². The van der Waals surface area contributed by atoms with Crippen LogP contribution >= 0.6 is 31.9 Å². The molecule has 6 N–H and O–H groups in total. The SMILES string of the molecule is CC(C)(C)CC(=O)N[C@@H](Cc1ccc([N+](=O)[O-])cc1)C(=O)C=[N+]=[N-].CC(C)(C)CC(=O)N[C@@H](Cc1ccc([N+](=O)[O-])cc1)C(=O)C=[N+]=[N-].CC(C)(C)CC(=O)N[C@@H](Cc1ccc([N+](=O)[O-])cc1)C(=O)CBr.CC(C)(C)CC(=O)N[C@@H](Cc1ccc([N+](=O)[O-])cc1)C(=O)CBr.CC(C)(C)CC(=O)N[C@@H](Cc1ccc([N+](=O)[O-])cc1)C(=O)O. The first kappa shape index (κ1) is 102. The Labute approximate surface area is 688 Å². The van der Waals surface area contributed by atoms with Crippen LogP contribution in [0.3, 0.4) is 0 Å². The van der Waals surface area contributed by atoms with Gasteiger partial charge in [-0.3, -0.25) is 93.7 Å². The number of rotatable bonds is 34. The third-order valence-corrected chi connectivity index (χ3v) is 16.6. The molecule has 628 valence electrons. The van der Waals surface area contributed by atoms with Gasteiger partial charge in [0.25, 0.3) is 40.0 Å². The Morgan fingerprint density at radius 1 is 0.336 bits per heavy atom. The lowest BCUT2D eigenvalue weighted by atomic mass is 9.91. The highest BCUT2D eigenvalue weighted by atomic mass is 79.9. The van der Waals surface area contributed by atoms with Crippen molar-refractivity contribution in [3.8, 4) is 0 Å². The topological polar surface area (TPSA) is 540 Å². The average Bonchev–Trinajstić information content (AvgIpc) is 0.890. The van der Waals surface area contributed by atoms with Crippen LogP contribution < -0.4 is 26.6 Å². The number of nitro benzene ring substituents is 5. The maximum Gasteiger partial charge on any atom is 0.326 e. The van der Waals surface area contributed by atoms with Crippen LogP contribution in [0.4, 0.5) is 28.4 Å². The van der Waals surface area contributed by atoms with Crippen molar-refractivity contribution >= 4 is 131 Å². The van der Waals surface area contributed by atoms with Crippen molar-refractivity contribution < 1.29 is 87.2 Å². The molecule has 5 rings (SSSR count). The quantitative estimate of drug-likeness (QED) is 0.00556. The molecule has 5 atom stereocenters. The Morgan fingerprint density at radius 3 is 0.655 bits per heavy atom. The summed E-state index contributed by atoms with van der Waals surface area (Å²) in [6, 6.07) is 24.8. The minimum Gasteiger partial charge on any atom is -0.480 e. The molecule has 0 bridgehead atoms. The van der Waals surface area contributed by atoms with E-state index < -0.39 is 72.4 Å². The number of alkyl halides is 2. The fourth-order valence-electron chi connectivity index (χ4n) is 10.2. The number of non-ortho nitro benzene ring substituents is 5. The second-order valence-electron chi connectivity index (χ2n) is 32.8. The number of nitro groups is 5. The summed E-state index contributed by atoms with van der Waals surface area (Å²) in [7, 11) is 0. The molecule has 0 unspecified atom stereocenters. The molecule has 0 radical (unpaired) electrons. The highest BCUT2D eigenvalue weighted by Gasteiger charge is 2.30. The van der Waals surface area contributed by atoms with Gasteiger partial charge >= 0.3 is 18.4 Å². The molecule has 0 heterocycles. The van der Waals surface area contributed by atoms with E-state index in [1.54, 1.807) is 24.3 Å². The van der Waals surface area contributed by atoms with E-state index in [4.69, 9.17) is 11.1 Å². The van der Waals surface area contributed by atoms with Crippen LogP contribution in [0.5, 0.6) is 0 Å². The van der Waals surface area contributed by atoms with E-state index in [0.29, 0.717) is 42.4 Å². The number of benzene rings is 5. The van der Waals surface area contributed by atoms with Crippen LogP contribution in [-0.2, 0) is 80.0 Å². The zero-order chi connectivity index (χ0) is 88.8. The van der Waals surface area contributed by atoms with Gasteiger partial charge in [0.2, 0.25) is 29.5 Å².